The van der Waals surface area contributed by atoms with Gasteiger partial charge in [0.1, 0.15) is 5.75 Å². The molecule has 3 rings (SSSR count). The fraction of sp³-hybridized carbons (Fsp3) is 0.318. The van der Waals surface area contributed by atoms with Crippen LogP contribution < -0.4 is 10.1 Å². The molecule has 0 saturated carbocycles. The van der Waals surface area contributed by atoms with Crippen LogP contribution in [0, 0.1) is 17.2 Å². The van der Waals surface area contributed by atoms with E-state index >= 15 is 0 Å². The van der Waals surface area contributed by atoms with Gasteiger partial charge in [0, 0.05) is 24.7 Å². The maximum atomic E-state index is 12.5. The first-order valence-electron chi connectivity index (χ1n) is 9.31. The van der Waals surface area contributed by atoms with Gasteiger partial charge in [0.2, 0.25) is 11.8 Å². The second-order valence-corrected chi connectivity index (χ2v) is 6.86. The number of benzene rings is 2. The fourth-order valence-corrected chi connectivity index (χ4v) is 3.33. The molecule has 144 valence electrons. The maximum absolute atomic E-state index is 12.5. The number of anilines is 1. The third-order valence-corrected chi connectivity index (χ3v) is 4.99. The average molecular weight is 377 g/mol. The van der Waals surface area contributed by atoms with E-state index < -0.39 is 0 Å². The lowest BCUT2D eigenvalue weighted by atomic mass is 9.95. The topological polar surface area (TPSA) is 82.4 Å². The number of rotatable bonds is 5. The van der Waals surface area contributed by atoms with Crippen LogP contribution in [0.5, 0.6) is 5.75 Å². The second kappa shape index (κ2) is 9.05. The number of nitrogens with zero attached hydrogens (tertiary/aromatic N) is 2. The summed E-state index contributed by atoms with van der Waals surface area (Å²) in [5, 5.41) is 11.8. The van der Waals surface area contributed by atoms with E-state index in [0.717, 1.165) is 11.3 Å². The highest BCUT2D eigenvalue weighted by Crippen LogP contribution is 2.21. The number of carbonyl (C=O) groups is 2. The highest BCUT2D eigenvalue weighted by Gasteiger charge is 2.27. The number of nitrogens with one attached hydrogen (secondary N) is 1. The predicted molar refractivity (Wildman–Crippen MR) is 106 cm³/mol. The predicted octanol–water partition coefficient (Wildman–Crippen LogP) is 2.99. The Morgan fingerprint density at radius 1 is 1.18 bits per heavy atom. The standard InChI is InChI=1S/C22H23N3O3/c1-28-20-7-5-16(6-8-20)14-21(26)25-11-9-18(10-12-25)22(27)24-19-4-2-3-17(13-19)15-23/h2-8,13,18H,9-12,14H2,1H3,(H,24,27). The Morgan fingerprint density at radius 2 is 1.89 bits per heavy atom. The fourth-order valence-electron chi connectivity index (χ4n) is 3.33. The molecule has 0 aromatic heterocycles. The second-order valence-electron chi connectivity index (χ2n) is 6.86. The number of nitriles is 1. The Bertz CT molecular complexity index is 879. The van der Waals surface area contributed by atoms with Crippen LogP contribution in [0.15, 0.2) is 48.5 Å². The van der Waals surface area contributed by atoms with E-state index in [0.29, 0.717) is 43.6 Å². The lowest BCUT2D eigenvalue weighted by Gasteiger charge is -2.31. The quantitative estimate of drug-likeness (QED) is 0.868. The lowest BCUT2D eigenvalue weighted by Crippen LogP contribution is -2.42. The van der Waals surface area contributed by atoms with Crippen molar-refractivity contribution in [3.05, 3.63) is 59.7 Å². The third kappa shape index (κ3) is 4.89. The molecule has 28 heavy (non-hydrogen) atoms. The zero-order valence-corrected chi connectivity index (χ0v) is 15.9. The smallest absolute Gasteiger partial charge is 0.227 e. The summed E-state index contributed by atoms with van der Waals surface area (Å²) in [6, 6.07) is 16.4. The number of hydrogen-bond donors (Lipinski definition) is 1. The van der Waals surface area contributed by atoms with E-state index in [1.54, 1.807) is 31.4 Å². The molecule has 0 bridgehead atoms. The molecule has 0 atom stereocenters. The van der Waals surface area contributed by atoms with Crippen LogP contribution in [0.1, 0.15) is 24.0 Å². The lowest BCUT2D eigenvalue weighted by molar-refractivity contribution is -0.133. The van der Waals surface area contributed by atoms with Gasteiger partial charge in [0.05, 0.1) is 25.2 Å². The third-order valence-electron chi connectivity index (χ3n) is 4.99. The Kier molecular flexibility index (Phi) is 6.28. The first-order valence-corrected chi connectivity index (χ1v) is 9.31. The molecule has 6 heteroatoms. The molecule has 1 aliphatic rings. The van der Waals surface area contributed by atoms with Crippen LogP contribution in [0.4, 0.5) is 5.69 Å². The summed E-state index contributed by atoms with van der Waals surface area (Å²) in [5.74, 6) is 0.655. The number of amides is 2. The van der Waals surface area contributed by atoms with Crippen molar-refractivity contribution >= 4 is 17.5 Å². The average Bonchev–Trinajstić information content (AvgIpc) is 2.74. The SMILES string of the molecule is COc1ccc(CC(=O)N2CCC(C(=O)Nc3cccc(C#N)c3)CC2)cc1. The van der Waals surface area contributed by atoms with Gasteiger partial charge in [-0.2, -0.15) is 5.26 Å². The first-order chi connectivity index (χ1) is 13.6. The van der Waals surface area contributed by atoms with Crippen LogP contribution in [0.3, 0.4) is 0 Å². The summed E-state index contributed by atoms with van der Waals surface area (Å²) >= 11 is 0. The van der Waals surface area contributed by atoms with Crippen LogP contribution in [-0.4, -0.2) is 36.9 Å². The number of carbonyl (C=O) groups excluding carboxylic acids is 2. The van der Waals surface area contributed by atoms with Crippen LogP contribution in [0.25, 0.3) is 0 Å². The Hall–Kier alpha value is -3.33. The van der Waals surface area contributed by atoms with Crippen molar-refractivity contribution in [2.75, 3.05) is 25.5 Å². The molecule has 1 heterocycles. The Labute approximate surface area is 164 Å². The van der Waals surface area contributed by atoms with Crippen molar-refractivity contribution in [2.24, 2.45) is 5.92 Å². The maximum Gasteiger partial charge on any atom is 0.227 e. The Balaban J connectivity index is 1.49. The van der Waals surface area contributed by atoms with Crippen molar-refractivity contribution in [2.45, 2.75) is 19.3 Å². The molecule has 1 N–H and O–H groups in total. The summed E-state index contributed by atoms with van der Waals surface area (Å²) in [6.45, 7) is 1.15. The van der Waals surface area contributed by atoms with Gasteiger partial charge in [-0.05, 0) is 48.7 Å². The normalized spacial score (nSPS) is 14.2. The van der Waals surface area contributed by atoms with E-state index in [4.69, 9.17) is 10.00 Å². The number of hydrogen-bond acceptors (Lipinski definition) is 4. The Morgan fingerprint density at radius 3 is 2.54 bits per heavy atom. The van der Waals surface area contributed by atoms with E-state index in [2.05, 4.69) is 11.4 Å². The molecular formula is C22H23N3O3. The van der Waals surface area contributed by atoms with Crippen molar-refractivity contribution in [3.63, 3.8) is 0 Å². The van der Waals surface area contributed by atoms with Gasteiger partial charge >= 0.3 is 0 Å². The molecule has 1 aliphatic heterocycles. The monoisotopic (exact) mass is 377 g/mol. The van der Waals surface area contributed by atoms with Crippen molar-refractivity contribution in [1.82, 2.24) is 4.90 Å². The summed E-state index contributed by atoms with van der Waals surface area (Å²) in [5.41, 5.74) is 2.09. The van der Waals surface area contributed by atoms with Gasteiger partial charge in [0.15, 0.2) is 0 Å². The molecule has 1 saturated heterocycles. The summed E-state index contributed by atoms with van der Waals surface area (Å²) in [4.78, 5) is 26.8. The molecule has 6 nitrogen and oxygen atoms in total. The molecular weight excluding hydrogens is 354 g/mol. The number of likely N-dealkylation sites (tertiary alicyclic amines) is 1. The number of methoxy groups -OCH3 is 1. The molecule has 2 aromatic rings. The zero-order chi connectivity index (χ0) is 19.9. The molecule has 0 unspecified atom stereocenters. The minimum absolute atomic E-state index is 0.0580. The highest BCUT2D eigenvalue weighted by molar-refractivity contribution is 5.93. The minimum Gasteiger partial charge on any atom is -0.497 e. The molecule has 2 aromatic carbocycles. The first kappa shape index (κ1) is 19.4. The van der Waals surface area contributed by atoms with Gasteiger partial charge in [-0.1, -0.05) is 18.2 Å². The van der Waals surface area contributed by atoms with E-state index in [1.165, 1.54) is 0 Å². The van der Waals surface area contributed by atoms with E-state index in [9.17, 15) is 9.59 Å². The number of piperidine rings is 1. The number of ether oxygens (including phenoxy) is 1. The molecule has 0 spiro atoms. The van der Waals surface area contributed by atoms with Crippen molar-refractivity contribution in [1.29, 1.82) is 5.26 Å². The minimum atomic E-state index is -0.129. The molecule has 2 amide bonds. The van der Waals surface area contributed by atoms with Crippen molar-refractivity contribution < 1.29 is 14.3 Å². The van der Waals surface area contributed by atoms with Gasteiger partial charge < -0.3 is 15.0 Å². The van der Waals surface area contributed by atoms with Crippen LogP contribution >= 0.6 is 0 Å². The van der Waals surface area contributed by atoms with Gasteiger partial charge in [-0.15, -0.1) is 0 Å². The summed E-state index contributed by atoms with van der Waals surface area (Å²) in [7, 11) is 1.61. The summed E-state index contributed by atoms with van der Waals surface area (Å²) in [6.07, 6.45) is 1.62. The zero-order valence-electron chi connectivity index (χ0n) is 15.9. The van der Waals surface area contributed by atoms with Gasteiger partial charge in [-0.3, -0.25) is 9.59 Å². The van der Waals surface area contributed by atoms with Crippen molar-refractivity contribution in [3.8, 4) is 11.8 Å². The van der Waals surface area contributed by atoms with E-state index in [-0.39, 0.29) is 17.7 Å². The molecule has 0 aliphatic carbocycles. The van der Waals surface area contributed by atoms with Gasteiger partial charge in [0.25, 0.3) is 0 Å². The van der Waals surface area contributed by atoms with Gasteiger partial charge in [-0.25, -0.2) is 0 Å². The van der Waals surface area contributed by atoms with Crippen LogP contribution in [0.2, 0.25) is 0 Å². The summed E-state index contributed by atoms with van der Waals surface area (Å²) < 4.78 is 5.13. The van der Waals surface area contributed by atoms with E-state index in [1.807, 2.05) is 29.2 Å². The molecule has 1 fully saturated rings. The highest BCUT2D eigenvalue weighted by atomic mass is 16.5. The molecule has 0 radical (unpaired) electrons. The van der Waals surface area contributed by atoms with Crippen LogP contribution in [-0.2, 0) is 16.0 Å². The largest absolute Gasteiger partial charge is 0.497 e.